The second-order valence-corrected chi connectivity index (χ2v) is 37.9. The number of hydrogen-bond donors (Lipinski definition) is 8. The Morgan fingerprint density at radius 1 is 0.654 bits per heavy atom. The Kier molecular flexibility index (Phi) is 35.9. The topological polar surface area (TPSA) is 412 Å². The molecule has 2 saturated carbocycles. The minimum Gasteiger partial charge on any atom is -0.492 e. The fourth-order valence-electron chi connectivity index (χ4n) is 19.0. The van der Waals surface area contributed by atoms with Crippen molar-refractivity contribution in [1.29, 1.82) is 0 Å². The number of nitrogens with zero attached hydrogens (tertiary/aromatic N) is 8. The molecule has 2 aliphatic carbocycles. The van der Waals surface area contributed by atoms with Gasteiger partial charge in [-0.15, -0.1) is 0 Å². The van der Waals surface area contributed by atoms with Crippen LogP contribution in [0.3, 0.4) is 0 Å². The van der Waals surface area contributed by atoms with Crippen LogP contribution in [0.25, 0.3) is 21.8 Å². The minimum absolute atomic E-state index is 0. The number of Topliss-reactive ketones (excluding diaryl/α,β-unsaturated/α-hetero) is 1. The molecule has 0 bridgehead atoms. The van der Waals surface area contributed by atoms with Gasteiger partial charge < -0.3 is 122 Å². The van der Waals surface area contributed by atoms with Gasteiger partial charge in [0.15, 0.2) is 41.8 Å². The van der Waals surface area contributed by atoms with Gasteiger partial charge >= 0.3 is 24.0 Å². The quantitative estimate of drug-likeness (QED) is 0.0219. The number of carboxylic acid groups (broad SMARTS) is 2. The molecule has 12 rings (SSSR count). The molecule has 730 valence electrons. The zero-order valence-electron chi connectivity index (χ0n) is 79.1. The van der Waals surface area contributed by atoms with Crippen molar-refractivity contribution in [1.82, 2.24) is 44.7 Å². The Morgan fingerprint density at radius 3 is 1.59 bits per heavy atom. The summed E-state index contributed by atoms with van der Waals surface area (Å²) in [6.45, 7) is 35.5. The molecule has 3 amide bonds. The molecule has 8 aliphatic rings. The SMILES string of the molecule is C.CC[C@H]1OC(=O)[C@H](C)[C@@H](O[C@H]2C[C@@](C)(OC)C(OC(=O)NCCNC(C)C)[C@H](C)O2)[C@H](C)[C@@H](O[C@@H]2O[C@H](C)C[C@H](N(C)C)[C@H]2O)[C@](C)(OC)C[C@@H](C)C(=O)[C@H](C)[C@@H](O)[C@]1(C)O.COc1c(N2CCN(C(=O)C3CN(C(C)C)C3)CC2)c(F)cc2c(=O)c(C(=O)O)cn(C3CC3)c12.COc1c(N2CCN(C(=O)CNC(C)C)CC2)c(F)cc2c(=O)c(C(=O)O)cn(C3CC3)c12. The minimum atomic E-state index is -2.00. The number of methoxy groups -OCH3 is 4. The Bertz CT molecular complexity index is 4740. The molecule has 130 heavy (non-hydrogen) atoms. The number of ketones is 1. The van der Waals surface area contributed by atoms with E-state index in [9.17, 15) is 68.7 Å². The summed E-state index contributed by atoms with van der Waals surface area (Å²) in [6, 6.07) is 2.92. The van der Waals surface area contributed by atoms with Crippen LogP contribution in [0.15, 0.2) is 34.1 Å². The number of hydrogen-bond acceptors (Lipinski definition) is 28. The number of likely N-dealkylation sites (tertiary alicyclic amines) is 1. The average molecular weight is 1840 g/mol. The van der Waals surface area contributed by atoms with Crippen molar-refractivity contribution < 1.29 is 115 Å². The number of halogens is 2. The molecular weight excluding hydrogens is 1690 g/mol. The Balaban J connectivity index is 0.000000234. The number of benzene rings is 2. The number of likely N-dealkylation sites (N-methyl/N-ethyl adjacent to an activating group) is 1. The van der Waals surface area contributed by atoms with Crippen LogP contribution in [0, 0.1) is 41.2 Å². The number of piperazine rings is 2. The monoisotopic (exact) mass is 1840 g/mol. The lowest BCUT2D eigenvalue weighted by Gasteiger charge is -2.50. The molecule has 6 saturated heterocycles. The standard InChI is InChI=1S/C44H81N3O14.C25H31FN4O5.C23H29FN4O5.CH4/c1-17-31-44(12,53)36(50)26(6)33(48)24(4)21-42(10,54-15)37(60-40-34(49)30(47(13)14)20-25(5)56-40)27(7)35(28(8)39(51)58-31)59-32-22-43(11,55-16)38(29(9)57-32)61-41(52)46-19-18-45-23(2)3;1-14(2)29-11-15(12-29)24(32)28-8-6-27(7-9-28)21-19(26)10-17-20(23(21)35-3)30(16-4-5-16)13-18(22(17)31)25(33)34;1-13(2)25-11-18(29)26-6-8-27(9-7-26)20-17(24)10-15-19(22(20)33-3)28(14-4-5-14)12-16(21(15)30)23(31)32;/h23-32,34-38,40,45,49-50,53H,17-22H2,1-16H3,(H,46,52);10,13-16H,4-9,11-12H2,1-3H3,(H,33,34);10,12-14,25H,4-9,11H2,1-3H3,(H,31,32);1H4/t24-,25-,26+,27+,28-,29+,30+,31-,32+,34-,35+,36-,37-,38?,40+,42-,43-,44-;;;/m1.../s1. The first-order chi connectivity index (χ1) is 60.7. The van der Waals surface area contributed by atoms with Gasteiger partial charge in [0.05, 0.1) is 90.5 Å². The number of carbonyl (C=O) groups excluding carboxylic acids is 5. The number of carbonyl (C=O) groups is 7. The summed E-state index contributed by atoms with van der Waals surface area (Å²) in [4.78, 5) is 127. The third-order valence-electron chi connectivity index (χ3n) is 27.1. The number of anilines is 2. The highest BCUT2D eigenvalue weighted by atomic mass is 19.1. The second kappa shape index (κ2) is 44.2. The van der Waals surface area contributed by atoms with Gasteiger partial charge in [-0.3, -0.25) is 33.7 Å². The molecule has 0 spiro atoms. The summed E-state index contributed by atoms with van der Waals surface area (Å²) in [5.74, 6) is -8.01. The highest BCUT2D eigenvalue weighted by molar-refractivity contribution is 5.99. The number of fused-ring (bicyclic) bond motifs is 2. The third-order valence-corrected chi connectivity index (χ3v) is 27.1. The van der Waals surface area contributed by atoms with Crippen molar-refractivity contribution >= 4 is 74.8 Å². The molecule has 18 atom stereocenters. The molecule has 4 aromatic rings. The number of aliphatic hydroxyl groups is 3. The van der Waals surface area contributed by atoms with Crippen molar-refractivity contribution in [2.45, 2.75) is 284 Å². The lowest BCUT2D eigenvalue weighted by atomic mass is 9.74. The van der Waals surface area contributed by atoms with Crippen molar-refractivity contribution in [3.05, 3.63) is 67.7 Å². The summed E-state index contributed by atoms with van der Waals surface area (Å²) in [6.07, 6.45) is -3.66. The molecule has 37 heteroatoms. The number of ether oxygens (including phenoxy) is 10. The van der Waals surface area contributed by atoms with Crippen LogP contribution in [0.2, 0.25) is 0 Å². The van der Waals surface area contributed by atoms with Crippen molar-refractivity contribution in [3.63, 3.8) is 0 Å². The maximum atomic E-state index is 15.5. The Hall–Kier alpha value is -8.31. The fourth-order valence-corrected chi connectivity index (χ4v) is 19.0. The number of rotatable bonds is 26. The number of aromatic nitrogens is 2. The molecule has 6 aliphatic heterocycles. The highest BCUT2D eigenvalue weighted by Gasteiger charge is 2.56. The molecule has 8 fully saturated rings. The lowest BCUT2D eigenvalue weighted by Crippen LogP contribution is -2.62. The van der Waals surface area contributed by atoms with E-state index in [2.05, 4.69) is 34.7 Å². The van der Waals surface area contributed by atoms with Crippen LogP contribution in [0.1, 0.15) is 202 Å². The van der Waals surface area contributed by atoms with Gasteiger partial charge in [0, 0.05) is 166 Å². The summed E-state index contributed by atoms with van der Waals surface area (Å²) < 4.78 is 96.4. The molecule has 2 aromatic heterocycles. The Morgan fingerprint density at radius 2 is 1.15 bits per heavy atom. The van der Waals surface area contributed by atoms with Crippen LogP contribution in [0.4, 0.5) is 25.0 Å². The third kappa shape index (κ3) is 23.5. The molecule has 8 heterocycles. The fraction of sp³-hybridized carbons (Fsp3) is 0.731. The van der Waals surface area contributed by atoms with Gasteiger partial charge in [-0.25, -0.2) is 23.2 Å². The number of alkyl carbamates (subject to hydrolysis) is 1. The normalized spacial score (nSPS) is 29.8. The van der Waals surface area contributed by atoms with Crippen molar-refractivity contribution in [3.8, 4) is 11.5 Å². The number of amides is 3. The molecular formula is C93H145F2N11O24. The highest BCUT2D eigenvalue weighted by Crippen LogP contribution is 2.48. The van der Waals surface area contributed by atoms with Gasteiger partial charge in [0.1, 0.15) is 51.7 Å². The number of cyclic esters (lactones) is 1. The zero-order chi connectivity index (χ0) is 95.2. The van der Waals surface area contributed by atoms with Crippen LogP contribution >= 0.6 is 0 Å². The molecule has 2 aromatic carbocycles. The van der Waals surface area contributed by atoms with E-state index >= 15 is 8.78 Å². The van der Waals surface area contributed by atoms with Crippen molar-refractivity contribution in [2.75, 3.05) is 137 Å². The maximum Gasteiger partial charge on any atom is 0.407 e. The Labute approximate surface area is 761 Å². The smallest absolute Gasteiger partial charge is 0.407 e. The van der Waals surface area contributed by atoms with E-state index in [-0.39, 0.29) is 138 Å². The van der Waals surface area contributed by atoms with Crippen LogP contribution in [0.5, 0.6) is 11.5 Å². The van der Waals surface area contributed by atoms with Crippen LogP contribution < -0.4 is 46.1 Å². The van der Waals surface area contributed by atoms with E-state index in [1.165, 1.54) is 47.8 Å². The summed E-state index contributed by atoms with van der Waals surface area (Å²) in [5.41, 5.74) is -5.30. The predicted molar refractivity (Wildman–Crippen MR) is 484 cm³/mol. The predicted octanol–water partition coefficient (Wildman–Crippen LogP) is 7.81. The number of carboxylic acids is 2. The van der Waals surface area contributed by atoms with Gasteiger partial charge in [0.25, 0.3) is 0 Å². The zero-order valence-corrected chi connectivity index (χ0v) is 79.1. The van der Waals surface area contributed by atoms with Crippen molar-refractivity contribution in [2.24, 2.45) is 29.6 Å². The molecule has 1 unspecified atom stereocenters. The van der Waals surface area contributed by atoms with Gasteiger partial charge in [-0.1, -0.05) is 62.8 Å². The first-order valence-corrected chi connectivity index (χ1v) is 45.5. The van der Waals surface area contributed by atoms with Gasteiger partial charge in [-0.2, -0.15) is 0 Å². The summed E-state index contributed by atoms with van der Waals surface area (Å²) >= 11 is 0. The van der Waals surface area contributed by atoms with E-state index in [0.29, 0.717) is 88.9 Å². The number of aromatic carboxylic acids is 2. The van der Waals surface area contributed by atoms with E-state index in [1.54, 1.807) is 62.5 Å². The van der Waals surface area contributed by atoms with E-state index in [0.717, 1.165) is 50.9 Å². The maximum absolute atomic E-state index is 15.5. The molecule has 8 N–H and O–H groups in total. The number of nitrogens with one attached hydrogen (secondary N) is 3. The molecule has 0 radical (unpaired) electrons. The second-order valence-electron chi connectivity index (χ2n) is 37.9. The lowest BCUT2D eigenvalue weighted by molar-refractivity contribution is -0.319. The number of aliphatic hydroxyl groups excluding tert-OH is 2. The molecule has 35 nitrogen and oxygen atoms in total. The van der Waals surface area contributed by atoms with E-state index in [4.69, 9.17) is 47.4 Å². The van der Waals surface area contributed by atoms with Gasteiger partial charge in [-0.05, 0) is 127 Å². The van der Waals surface area contributed by atoms with Gasteiger partial charge in [0.2, 0.25) is 22.7 Å². The van der Waals surface area contributed by atoms with E-state index < -0.39 is 142 Å². The first-order valence-electron chi connectivity index (χ1n) is 45.5. The largest absolute Gasteiger partial charge is 0.492 e. The number of esters is 1. The first kappa shape index (κ1) is 105. The van der Waals surface area contributed by atoms with Crippen LogP contribution in [-0.2, 0) is 57.1 Å². The van der Waals surface area contributed by atoms with E-state index in [1.807, 2.05) is 75.2 Å². The summed E-state index contributed by atoms with van der Waals surface area (Å²) in [5, 5.41) is 63.1. The summed E-state index contributed by atoms with van der Waals surface area (Å²) in [7, 11) is 9.62. The average Bonchev–Trinajstić information content (AvgIpc) is 1.52. The number of pyridine rings is 2. The van der Waals surface area contributed by atoms with Crippen LogP contribution in [-0.4, -0.2) is 326 Å².